The summed E-state index contributed by atoms with van der Waals surface area (Å²) in [5.74, 6) is 2.50. The van der Waals surface area contributed by atoms with E-state index in [1.165, 1.54) is 37.0 Å². The van der Waals surface area contributed by atoms with Gasteiger partial charge in [-0.1, -0.05) is 26.8 Å². The number of rotatable bonds is 3. The van der Waals surface area contributed by atoms with Crippen LogP contribution in [0.25, 0.3) is 11.0 Å². The maximum absolute atomic E-state index is 4.88. The first-order valence-corrected chi connectivity index (χ1v) is 8.25. The van der Waals surface area contributed by atoms with E-state index < -0.39 is 0 Å². The van der Waals surface area contributed by atoms with Crippen LogP contribution in [0.4, 0.5) is 0 Å². The lowest BCUT2D eigenvalue weighted by Gasteiger charge is -2.38. The van der Waals surface area contributed by atoms with Crippen LogP contribution in [0.1, 0.15) is 51.0 Å². The smallest absolute Gasteiger partial charge is 0.124 e. The highest BCUT2D eigenvalue weighted by Crippen LogP contribution is 2.32. The summed E-state index contributed by atoms with van der Waals surface area (Å²) in [7, 11) is 0. The van der Waals surface area contributed by atoms with Crippen molar-refractivity contribution in [3.05, 3.63) is 29.6 Å². The van der Waals surface area contributed by atoms with Gasteiger partial charge >= 0.3 is 0 Å². The normalized spacial score (nSPS) is 22.0. The van der Waals surface area contributed by atoms with Crippen LogP contribution in [0, 0.1) is 18.8 Å². The number of hydrogen-bond acceptors (Lipinski definition) is 2. The van der Waals surface area contributed by atoms with Gasteiger partial charge in [0.25, 0.3) is 0 Å². The van der Waals surface area contributed by atoms with Gasteiger partial charge in [0.05, 0.1) is 17.1 Å². The number of nitrogens with one attached hydrogen (secondary N) is 1. The molecule has 1 aliphatic rings. The zero-order valence-corrected chi connectivity index (χ0v) is 13.7. The average molecular weight is 285 g/mol. The number of H-pyrrole nitrogens is 1. The third-order valence-corrected chi connectivity index (χ3v) is 4.65. The van der Waals surface area contributed by atoms with Gasteiger partial charge in [-0.15, -0.1) is 0 Å². The number of benzene rings is 1. The van der Waals surface area contributed by atoms with Crippen molar-refractivity contribution in [2.24, 2.45) is 11.8 Å². The SMILES string of the molecule is Cc1ccc2nc(C(C(C)C)N3CCCC(C)C3)[nH]c2c1. The molecule has 114 valence electrons. The van der Waals surface area contributed by atoms with E-state index in [0.29, 0.717) is 12.0 Å². The number of hydrogen-bond donors (Lipinski definition) is 1. The van der Waals surface area contributed by atoms with Gasteiger partial charge in [-0.3, -0.25) is 4.90 Å². The molecule has 0 aliphatic carbocycles. The van der Waals surface area contributed by atoms with Gasteiger partial charge in [-0.2, -0.15) is 0 Å². The standard InChI is InChI=1S/C18H27N3/c1-12(2)17(21-9-5-6-14(4)11-21)18-19-15-8-7-13(3)10-16(15)20-18/h7-8,10,12,14,17H,5-6,9,11H2,1-4H3,(H,19,20). The second-order valence-electron chi connectivity index (χ2n) is 7.07. The first kappa shape index (κ1) is 14.6. The van der Waals surface area contributed by atoms with Crippen molar-refractivity contribution in [2.75, 3.05) is 13.1 Å². The molecule has 1 fully saturated rings. The van der Waals surface area contributed by atoms with Crippen LogP contribution in [0.3, 0.4) is 0 Å². The van der Waals surface area contributed by atoms with Gasteiger partial charge < -0.3 is 4.98 Å². The molecule has 1 aromatic heterocycles. The number of aromatic nitrogens is 2. The predicted molar refractivity (Wildman–Crippen MR) is 88.4 cm³/mol. The summed E-state index contributed by atoms with van der Waals surface area (Å²) in [5.41, 5.74) is 3.54. The van der Waals surface area contributed by atoms with Crippen LogP contribution >= 0.6 is 0 Å². The Morgan fingerprint density at radius 2 is 2.14 bits per heavy atom. The fourth-order valence-corrected chi connectivity index (χ4v) is 3.67. The van der Waals surface area contributed by atoms with Crippen LogP contribution in [-0.4, -0.2) is 28.0 Å². The van der Waals surface area contributed by atoms with E-state index in [1.54, 1.807) is 0 Å². The van der Waals surface area contributed by atoms with Crippen LogP contribution < -0.4 is 0 Å². The molecule has 0 amide bonds. The van der Waals surface area contributed by atoms with Crippen LogP contribution in [0.2, 0.25) is 0 Å². The first-order valence-electron chi connectivity index (χ1n) is 8.25. The van der Waals surface area contributed by atoms with Crippen molar-refractivity contribution < 1.29 is 0 Å². The number of aromatic amines is 1. The van der Waals surface area contributed by atoms with E-state index in [1.807, 2.05) is 0 Å². The monoisotopic (exact) mass is 285 g/mol. The van der Waals surface area contributed by atoms with Gasteiger partial charge in [0, 0.05) is 6.54 Å². The Balaban J connectivity index is 1.95. The average Bonchev–Trinajstić information content (AvgIpc) is 2.80. The molecule has 1 aromatic carbocycles. The van der Waals surface area contributed by atoms with E-state index in [2.05, 4.69) is 55.8 Å². The van der Waals surface area contributed by atoms with E-state index in [0.717, 1.165) is 17.3 Å². The molecule has 2 heterocycles. The van der Waals surface area contributed by atoms with E-state index in [4.69, 9.17) is 4.98 Å². The summed E-state index contributed by atoms with van der Waals surface area (Å²) in [6, 6.07) is 6.86. The zero-order chi connectivity index (χ0) is 15.0. The Bertz CT molecular complexity index is 614. The van der Waals surface area contributed by atoms with Crippen molar-refractivity contribution in [3.63, 3.8) is 0 Å². The van der Waals surface area contributed by atoms with E-state index >= 15 is 0 Å². The molecule has 0 saturated carbocycles. The number of likely N-dealkylation sites (tertiary alicyclic amines) is 1. The molecule has 3 heteroatoms. The van der Waals surface area contributed by atoms with Crippen molar-refractivity contribution in [2.45, 2.75) is 46.6 Å². The minimum Gasteiger partial charge on any atom is -0.341 e. The second kappa shape index (κ2) is 5.80. The molecular weight excluding hydrogens is 258 g/mol. The highest BCUT2D eigenvalue weighted by atomic mass is 15.2. The Labute approximate surface area is 127 Å². The molecule has 2 aromatic rings. The molecule has 0 radical (unpaired) electrons. The fraction of sp³-hybridized carbons (Fsp3) is 0.611. The molecule has 1 N–H and O–H groups in total. The second-order valence-corrected chi connectivity index (χ2v) is 7.07. The van der Waals surface area contributed by atoms with Crippen molar-refractivity contribution in [1.29, 1.82) is 0 Å². The lowest BCUT2D eigenvalue weighted by Crippen LogP contribution is -2.39. The number of nitrogens with zero attached hydrogens (tertiary/aromatic N) is 2. The molecule has 3 rings (SSSR count). The van der Waals surface area contributed by atoms with Gasteiger partial charge in [-0.25, -0.2) is 4.98 Å². The fourth-order valence-electron chi connectivity index (χ4n) is 3.67. The summed E-state index contributed by atoms with van der Waals surface area (Å²) < 4.78 is 0. The molecule has 3 nitrogen and oxygen atoms in total. The molecule has 1 aliphatic heterocycles. The molecule has 2 atom stereocenters. The highest BCUT2D eigenvalue weighted by Gasteiger charge is 2.29. The summed E-state index contributed by atoms with van der Waals surface area (Å²) in [5, 5.41) is 0. The molecule has 0 bridgehead atoms. The third kappa shape index (κ3) is 2.98. The molecule has 21 heavy (non-hydrogen) atoms. The summed E-state index contributed by atoms with van der Waals surface area (Å²) in [4.78, 5) is 11.1. The molecular formula is C18H27N3. The van der Waals surface area contributed by atoms with Crippen molar-refractivity contribution >= 4 is 11.0 Å². The number of aryl methyl sites for hydroxylation is 1. The first-order chi connectivity index (χ1) is 10.0. The summed E-state index contributed by atoms with van der Waals surface area (Å²) in [6.45, 7) is 11.5. The number of fused-ring (bicyclic) bond motifs is 1. The van der Waals surface area contributed by atoms with Crippen LogP contribution in [0.5, 0.6) is 0 Å². The zero-order valence-electron chi connectivity index (χ0n) is 13.7. The molecule has 1 saturated heterocycles. The van der Waals surface area contributed by atoms with E-state index in [-0.39, 0.29) is 0 Å². The quantitative estimate of drug-likeness (QED) is 0.911. The van der Waals surface area contributed by atoms with Gasteiger partial charge in [-0.05, 0) is 55.8 Å². The maximum Gasteiger partial charge on any atom is 0.124 e. The van der Waals surface area contributed by atoms with Gasteiger partial charge in [0.15, 0.2) is 0 Å². The molecule has 0 spiro atoms. The third-order valence-electron chi connectivity index (χ3n) is 4.65. The topological polar surface area (TPSA) is 31.9 Å². The van der Waals surface area contributed by atoms with Gasteiger partial charge in [0.2, 0.25) is 0 Å². The van der Waals surface area contributed by atoms with Crippen LogP contribution in [-0.2, 0) is 0 Å². The minimum absolute atomic E-state index is 0.403. The lowest BCUT2D eigenvalue weighted by molar-refractivity contribution is 0.0963. The highest BCUT2D eigenvalue weighted by molar-refractivity contribution is 5.75. The molecule has 2 unspecified atom stereocenters. The van der Waals surface area contributed by atoms with Crippen molar-refractivity contribution in [1.82, 2.24) is 14.9 Å². The number of imidazole rings is 1. The Kier molecular flexibility index (Phi) is 4.03. The lowest BCUT2D eigenvalue weighted by atomic mass is 9.94. The minimum atomic E-state index is 0.403. The van der Waals surface area contributed by atoms with Crippen molar-refractivity contribution in [3.8, 4) is 0 Å². The predicted octanol–water partition coefficient (Wildman–Crippen LogP) is 4.30. The maximum atomic E-state index is 4.88. The van der Waals surface area contributed by atoms with Gasteiger partial charge in [0.1, 0.15) is 5.82 Å². The Hall–Kier alpha value is -1.35. The largest absolute Gasteiger partial charge is 0.341 e. The summed E-state index contributed by atoms with van der Waals surface area (Å²) in [6.07, 6.45) is 2.67. The summed E-state index contributed by atoms with van der Waals surface area (Å²) >= 11 is 0. The van der Waals surface area contributed by atoms with E-state index in [9.17, 15) is 0 Å². The Morgan fingerprint density at radius 3 is 2.86 bits per heavy atom. The number of piperidine rings is 1. The van der Waals surface area contributed by atoms with Crippen LogP contribution in [0.15, 0.2) is 18.2 Å². The Morgan fingerprint density at radius 1 is 1.33 bits per heavy atom.